The number of amides is 1. The van der Waals surface area contributed by atoms with Crippen LogP contribution in [0.5, 0.6) is 0 Å². The summed E-state index contributed by atoms with van der Waals surface area (Å²) in [5.41, 5.74) is 0. The molecule has 0 radical (unpaired) electrons. The van der Waals surface area contributed by atoms with E-state index >= 15 is 0 Å². The van der Waals surface area contributed by atoms with Crippen molar-refractivity contribution in [1.29, 1.82) is 0 Å². The Morgan fingerprint density at radius 2 is 2.00 bits per heavy atom. The van der Waals surface area contributed by atoms with Crippen LogP contribution in [0.2, 0.25) is 19.6 Å². The van der Waals surface area contributed by atoms with E-state index in [0.29, 0.717) is 0 Å². The van der Waals surface area contributed by atoms with Crippen molar-refractivity contribution < 1.29 is 18.8 Å². The van der Waals surface area contributed by atoms with Gasteiger partial charge in [-0.05, 0) is 26.6 Å². The number of hydrogen-bond donors (Lipinski definition) is 1. The van der Waals surface area contributed by atoms with Crippen molar-refractivity contribution >= 4 is 20.2 Å². The molecule has 0 aromatic carbocycles. The molecule has 1 N–H and O–H groups in total. The van der Waals surface area contributed by atoms with Gasteiger partial charge in [0, 0.05) is 6.92 Å². The van der Waals surface area contributed by atoms with E-state index in [9.17, 15) is 9.59 Å². The Morgan fingerprint density at radius 1 is 1.44 bits per heavy atom. The van der Waals surface area contributed by atoms with E-state index < -0.39 is 20.5 Å². The van der Waals surface area contributed by atoms with Crippen molar-refractivity contribution in [3.05, 3.63) is 0 Å². The lowest BCUT2D eigenvalue weighted by atomic mass is 9.93. The lowest BCUT2D eigenvalue weighted by Gasteiger charge is -2.40. The lowest BCUT2D eigenvalue weighted by Crippen LogP contribution is -2.64. The van der Waals surface area contributed by atoms with Gasteiger partial charge in [-0.25, -0.2) is 0 Å². The number of carbonyl (C=O) groups is 2. The number of ether oxygens (including phenoxy) is 1. The third-order valence-corrected chi connectivity index (χ3v) is 3.33. The van der Waals surface area contributed by atoms with Gasteiger partial charge in [0.1, 0.15) is 5.92 Å². The summed E-state index contributed by atoms with van der Waals surface area (Å²) in [6.45, 7) is 9.34. The zero-order chi connectivity index (χ0) is 12.5. The average molecular weight is 245 g/mol. The standard InChI is InChI=1S/C10H19NO4Si/c1-6(15-16(3,4)5)8-9(13)11-10(8)14-7(2)12/h6,8,10H,1-5H3,(H,11,13)/t6-,8-,10-/m1/s1. The van der Waals surface area contributed by atoms with Crippen LogP contribution in [0.25, 0.3) is 0 Å². The molecular formula is C10H19NO4Si. The van der Waals surface area contributed by atoms with E-state index in [2.05, 4.69) is 25.0 Å². The highest BCUT2D eigenvalue weighted by atomic mass is 28.4. The molecular weight excluding hydrogens is 226 g/mol. The number of carbonyl (C=O) groups excluding carboxylic acids is 2. The van der Waals surface area contributed by atoms with Crippen molar-refractivity contribution in [2.24, 2.45) is 5.92 Å². The fourth-order valence-corrected chi connectivity index (χ4v) is 3.00. The highest BCUT2D eigenvalue weighted by molar-refractivity contribution is 6.69. The summed E-state index contributed by atoms with van der Waals surface area (Å²) >= 11 is 0. The molecule has 1 heterocycles. The Kier molecular flexibility index (Phi) is 3.74. The minimum atomic E-state index is -1.69. The molecule has 1 aliphatic heterocycles. The van der Waals surface area contributed by atoms with Crippen molar-refractivity contribution in [2.75, 3.05) is 0 Å². The zero-order valence-electron chi connectivity index (χ0n) is 10.4. The van der Waals surface area contributed by atoms with Crippen LogP contribution in [0.1, 0.15) is 13.8 Å². The smallest absolute Gasteiger partial charge is 0.304 e. The van der Waals surface area contributed by atoms with Gasteiger partial charge >= 0.3 is 5.97 Å². The Labute approximate surface area is 96.6 Å². The summed E-state index contributed by atoms with van der Waals surface area (Å²) in [5, 5.41) is 2.54. The molecule has 5 nitrogen and oxygen atoms in total. The summed E-state index contributed by atoms with van der Waals surface area (Å²) in [5.74, 6) is -0.886. The van der Waals surface area contributed by atoms with E-state index in [1.54, 1.807) is 0 Å². The normalized spacial score (nSPS) is 26.7. The molecule has 1 rings (SSSR count). The second-order valence-electron chi connectivity index (χ2n) is 5.00. The summed E-state index contributed by atoms with van der Waals surface area (Å²) in [7, 11) is -1.69. The van der Waals surface area contributed by atoms with Gasteiger partial charge in [0.2, 0.25) is 5.91 Å². The van der Waals surface area contributed by atoms with Gasteiger partial charge in [0.25, 0.3) is 0 Å². The van der Waals surface area contributed by atoms with Crippen LogP contribution in [-0.4, -0.2) is 32.5 Å². The Morgan fingerprint density at radius 3 is 2.38 bits per heavy atom. The molecule has 0 unspecified atom stereocenters. The number of nitrogens with one attached hydrogen (secondary N) is 1. The van der Waals surface area contributed by atoms with Crippen molar-refractivity contribution in [2.45, 2.75) is 45.8 Å². The molecule has 1 saturated heterocycles. The Hall–Kier alpha value is -0.883. The highest BCUT2D eigenvalue weighted by Crippen LogP contribution is 2.24. The van der Waals surface area contributed by atoms with Crippen LogP contribution in [0, 0.1) is 5.92 Å². The molecule has 3 atom stereocenters. The summed E-state index contributed by atoms with van der Waals surface area (Å²) in [6.07, 6.45) is -0.749. The van der Waals surface area contributed by atoms with Gasteiger partial charge in [-0.2, -0.15) is 0 Å². The topological polar surface area (TPSA) is 64.6 Å². The number of rotatable bonds is 4. The molecule has 1 amide bonds. The summed E-state index contributed by atoms with van der Waals surface area (Å²) in [6, 6.07) is 0. The van der Waals surface area contributed by atoms with Gasteiger partial charge in [0.15, 0.2) is 14.5 Å². The van der Waals surface area contributed by atoms with Crippen LogP contribution in [0.4, 0.5) is 0 Å². The maximum Gasteiger partial charge on any atom is 0.304 e. The predicted octanol–water partition coefficient (Wildman–Crippen LogP) is 0.862. The maximum absolute atomic E-state index is 11.4. The van der Waals surface area contributed by atoms with Crippen LogP contribution >= 0.6 is 0 Å². The first kappa shape index (κ1) is 13.2. The number of β-lactam (4-membered cyclic amide) rings is 1. The van der Waals surface area contributed by atoms with E-state index in [-0.39, 0.29) is 17.9 Å². The number of esters is 1. The van der Waals surface area contributed by atoms with Crippen LogP contribution in [-0.2, 0) is 18.8 Å². The predicted molar refractivity (Wildman–Crippen MR) is 61.1 cm³/mol. The Balaban J connectivity index is 2.56. The summed E-state index contributed by atoms with van der Waals surface area (Å²) < 4.78 is 10.8. The minimum Gasteiger partial charge on any atom is -0.441 e. The van der Waals surface area contributed by atoms with Gasteiger partial charge in [-0.15, -0.1) is 0 Å². The van der Waals surface area contributed by atoms with Gasteiger partial charge in [-0.1, -0.05) is 0 Å². The lowest BCUT2D eigenvalue weighted by molar-refractivity contribution is -0.172. The third kappa shape index (κ3) is 3.31. The second kappa shape index (κ2) is 4.55. The van der Waals surface area contributed by atoms with Crippen molar-refractivity contribution in [3.8, 4) is 0 Å². The minimum absolute atomic E-state index is 0.114. The van der Waals surface area contributed by atoms with Gasteiger partial charge in [0.05, 0.1) is 6.10 Å². The summed E-state index contributed by atoms with van der Waals surface area (Å²) in [4.78, 5) is 22.2. The molecule has 0 bridgehead atoms. The maximum atomic E-state index is 11.4. The first-order chi connectivity index (χ1) is 7.20. The van der Waals surface area contributed by atoms with Crippen molar-refractivity contribution in [3.63, 3.8) is 0 Å². The molecule has 92 valence electrons. The Bertz CT molecular complexity index is 300. The molecule has 0 aliphatic carbocycles. The molecule has 0 aromatic rings. The fraction of sp³-hybridized carbons (Fsp3) is 0.800. The van der Waals surface area contributed by atoms with E-state index in [4.69, 9.17) is 9.16 Å². The van der Waals surface area contributed by atoms with Gasteiger partial charge < -0.3 is 14.5 Å². The highest BCUT2D eigenvalue weighted by Gasteiger charge is 2.46. The molecule has 1 aliphatic rings. The van der Waals surface area contributed by atoms with E-state index in [1.807, 2.05) is 6.92 Å². The van der Waals surface area contributed by atoms with E-state index in [1.165, 1.54) is 6.92 Å². The zero-order valence-corrected chi connectivity index (χ0v) is 11.4. The SMILES string of the molecule is CC(=O)O[C@H]1NC(=O)[C@H]1[C@@H](C)O[Si](C)(C)C. The van der Waals surface area contributed by atoms with Crippen LogP contribution < -0.4 is 5.32 Å². The molecule has 0 aromatic heterocycles. The molecule has 1 fully saturated rings. The molecule has 0 saturated carbocycles. The van der Waals surface area contributed by atoms with Crippen LogP contribution in [0.15, 0.2) is 0 Å². The van der Waals surface area contributed by atoms with Crippen molar-refractivity contribution in [1.82, 2.24) is 5.32 Å². The second-order valence-corrected chi connectivity index (χ2v) is 9.46. The first-order valence-electron chi connectivity index (χ1n) is 5.36. The average Bonchev–Trinajstić information content (AvgIpc) is 1.97. The molecule has 0 spiro atoms. The largest absolute Gasteiger partial charge is 0.441 e. The monoisotopic (exact) mass is 245 g/mol. The van der Waals surface area contributed by atoms with Gasteiger partial charge in [-0.3, -0.25) is 9.59 Å². The third-order valence-electron chi connectivity index (χ3n) is 2.25. The molecule has 16 heavy (non-hydrogen) atoms. The molecule has 6 heteroatoms. The first-order valence-corrected chi connectivity index (χ1v) is 8.77. The fourth-order valence-electron chi connectivity index (χ4n) is 1.74. The number of hydrogen-bond acceptors (Lipinski definition) is 4. The van der Waals surface area contributed by atoms with E-state index in [0.717, 1.165) is 0 Å². The van der Waals surface area contributed by atoms with Crippen LogP contribution in [0.3, 0.4) is 0 Å². The quantitative estimate of drug-likeness (QED) is 0.453.